The Labute approximate surface area is 82.9 Å². The van der Waals surface area contributed by atoms with E-state index in [9.17, 15) is 0 Å². The highest BCUT2D eigenvalue weighted by Gasteiger charge is 2.15. The van der Waals surface area contributed by atoms with Crippen molar-refractivity contribution in [2.24, 2.45) is 5.73 Å². The van der Waals surface area contributed by atoms with Crippen LogP contribution in [0.25, 0.3) is 0 Å². The van der Waals surface area contributed by atoms with Gasteiger partial charge < -0.3 is 16.8 Å². The van der Waals surface area contributed by atoms with Crippen LogP contribution in [-0.4, -0.2) is 23.1 Å². The summed E-state index contributed by atoms with van der Waals surface area (Å²) in [7, 11) is 0. The number of hydrogen-bond donors (Lipinski definition) is 3. The van der Waals surface area contributed by atoms with Crippen molar-refractivity contribution in [1.29, 1.82) is 0 Å². The molecule has 5 N–H and O–H groups in total. The number of anilines is 1. The van der Waals surface area contributed by atoms with Crippen molar-refractivity contribution in [1.82, 2.24) is 15.3 Å². The van der Waals surface area contributed by atoms with Gasteiger partial charge in [-0.1, -0.05) is 0 Å². The van der Waals surface area contributed by atoms with E-state index >= 15 is 0 Å². The Morgan fingerprint density at radius 2 is 2.21 bits per heavy atom. The minimum absolute atomic E-state index is 0.357. The number of nitrogens with zero attached hydrogens (tertiary/aromatic N) is 2. The summed E-state index contributed by atoms with van der Waals surface area (Å²) in [5, 5.41) is 3.26. The molecule has 76 valence electrons. The zero-order valence-corrected chi connectivity index (χ0v) is 8.08. The lowest BCUT2D eigenvalue weighted by molar-refractivity contribution is 0.616. The molecule has 0 saturated carbocycles. The molecule has 5 nitrogen and oxygen atoms in total. The average Bonchev–Trinajstić information content (AvgIpc) is 2.18. The fraction of sp³-hybridized carbons (Fsp3) is 0.556. The molecule has 1 aliphatic rings. The number of aromatic nitrogens is 2. The second-order valence-electron chi connectivity index (χ2n) is 3.42. The standard InChI is InChI=1S/C9H15N5/c10-3-1-7-6-2-4-12-5-8(6)14-9(11)13-7/h12H,1-5,10H2,(H2,11,13,14). The van der Waals surface area contributed by atoms with E-state index in [1.807, 2.05) is 0 Å². The molecule has 1 aliphatic heterocycles. The third-order valence-corrected chi connectivity index (χ3v) is 2.42. The Kier molecular flexibility index (Phi) is 2.60. The first-order chi connectivity index (χ1) is 6.81. The molecule has 0 aromatic carbocycles. The number of nitrogens with two attached hydrogens (primary N) is 2. The number of nitrogens with one attached hydrogen (secondary N) is 1. The molecule has 0 unspecified atom stereocenters. The third-order valence-electron chi connectivity index (χ3n) is 2.42. The Bertz CT molecular complexity index is 336. The molecule has 0 saturated heterocycles. The fourth-order valence-corrected chi connectivity index (χ4v) is 1.80. The van der Waals surface area contributed by atoms with Crippen LogP contribution in [0.15, 0.2) is 0 Å². The summed E-state index contributed by atoms with van der Waals surface area (Å²) in [5.41, 5.74) is 14.4. The van der Waals surface area contributed by atoms with Gasteiger partial charge in [0.2, 0.25) is 5.95 Å². The monoisotopic (exact) mass is 193 g/mol. The van der Waals surface area contributed by atoms with E-state index in [1.165, 1.54) is 5.56 Å². The maximum atomic E-state index is 5.62. The molecular formula is C9H15N5. The maximum absolute atomic E-state index is 5.62. The Morgan fingerprint density at radius 3 is 3.00 bits per heavy atom. The van der Waals surface area contributed by atoms with Gasteiger partial charge in [-0.15, -0.1) is 0 Å². The van der Waals surface area contributed by atoms with E-state index in [2.05, 4.69) is 15.3 Å². The van der Waals surface area contributed by atoms with Gasteiger partial charge in [-0.05, 0) is 25.1 Å². The molecule has 5 heteroatoms. The molecule has 2 rings (SSSR count). The molecule has 14 heavy (non-hydrogen) atoms. The van der Waals surface area contributed by atoms with Gasteiger partial charge in [0.25, 0.3) is 0 Å². The van der Waals surface area contributed by atoms with Crippen LogP contribution in [0.5, 0.6) is 0 Å². The highest BCUT2D eigenvalue weighted by molar-refractivity contribution is 5.33. The average molecular weight is 193 g/mol. The van der Waals surface area contributed by atoms with Crippen LogP contribution >= 0.6 is 0 Å². The van der Waals surface area contributed by atoms with Gasteiger partial charge in [-0.3, -0.25) is 0 Å². The minimum Gasteiger partial charge on any atom is -0.368 e. The van der Waals surface area contributed by atoms with Crippen LogP contribution in [0.1, 0.15) is 17.0 Å². The van der Waals surface area contributed by atoms with Crippen LogP contribution < -0.4 is 16.8 Å². The SMILES string of the molecule is NCCc1nc(N)nc2c1CCNC2. The summed E-state index contributed by atoms with van der Waals surface area (Å²) in [5.74, 6) is 0.357. The van der Waals surface area contributed by atoms with E-state index in [0.29, 0.717) is 12.5 Å². The third kappa shape index (κ3) is 1.69. The smallest absolute Gasteiger partial charge is 0.220 e. The summed E-state index contributed by atoms with van der Waals surface area (Å²) in [6.07, 6.45) is 1.76. The van der Waals surface area contributed by atoms with Gasteiger partial charge >= 0.3 is 0 Å². The van der Waals surface area contributed by atoms with Gasteiger partial charge in [-0.25, -0.2) is 9.97 Å². The molecule has 1 aromatic heterocycles. The van der Waals surface area contributed by atoms with Gasteiger partial charge in [0, 0.05) is 13.0 Å². The topological polar surface area (TPSA) is 89.8 Å². The van der Waals surface area contributed by atoms with Crippen molar-refractivity contribution in [3.05, 3.63) is 17.0 Å². The van der Waals surface area contributed by atoms with E-state index in [0.717, 1.165) is 37.3 Å². The molecular weight excluding hydrogens is 178 g/mol. The summed E-state index contributed by atoms with van der Waals surface area (Å²) < 4.78 is 0. The number of nitrogen functional groups attached to an aromatic ring is 1. The zero-order valence-electron chi connectivity index (χ0n) is 8.08. The van der Waals surface area contributed by atoms with Crippen molar-refractivity contribution < 1.29 is 0 Å². The predicted octanol–water partition coefficient (Wildman–Crippen LogP) is -0.794. The summed E-state index contributed by atoms with van der Waals surface area (Å²) in [6, 6.07) is 0. The first-order valence-electron chi connectivity index (χ1n) is 4.86. The van der Waals surface area contributed by atoms with Gasteiger partial charge in [0.1, 0.15) is 0 Å². The van der Waals surface area contributed by atoms with E-state index in [-0.39, 0.29) is 0 Å². The van der Waals surface area contributed by atoms with Crippen molar-refractivity contribution >= 4 is 5.95 Å². The summed E-state index contributed by atoms with van der Waals surface area (Å²) in [6.45, 7) is 2.38. The van der Waals surface area contributed by atoms with Crippen LogP contribution in [0.4, 0.5) is 5.95 Å². The largest absolute Gasteiger partial charge is 0.368 e. The molecule has 0 fully saturated rings. The van der Waals surface area contributed by atoms with Crippen LogP contribution in [0.3, 0.4) is 0 Å². The molecule has 0 atom stereocenters. The Hall–Kier alpha value is -1.20. The van der Waals surface area contributed by atoms with Crippen molar-refractivity contribution in [2.45, 2.75) is 19.4 Å². The van der Waals surface area contributed by atoms with Crippen LogP contribution in [0.2, 0.25) is 0 Å². The van der Waals surface area contributed by atoms with Gasteiger partial charge in [-0.2, -0.15) is 0 Å². The number of fused-ring (bicyclic) bond motifs is 1. The fourth-order valence-electron chi connectivity index (χ4n) is 1.80. The van der Waals surface area contributed by atoms with Crippen molar-refractivity contribution in [3.8, 4) is 0 Å². The molecule has 0 aliphatic carbocycles. The van der Waals surface area contributed by atoms with Crippen LogP contribution in [-0.2, 0) is 19.4 Å². The molecule has 0 amide bonds. The first kappa shape index (κ1) is 9.36. The number of hydrogen-bond acceptors (Lipinski definition) is 5. The quantitative estimate of drug-likeness (QED) is 0.572. The highest BCUT2D eigenvalue weighted by atomic mass is 15.0. The highest BCUT2D eigenvalue weighted by Crippen LogP contribution is 2.16. The Morgan fingerprint density at radius 1 is 1.36 bits per heavy atom. The molecule has 0 radical (unpaired) electrons. The minimum atomic E-state index is 0.357. The predicted molar refractivity (Wildman–Crippen MR) is 54.6 cm³/mol. The summed E-state index contributed by atoms with van der Waals surface area (Å²) in [4.78, 5) is 8.46. The lowest BCUT2D eigenvalue weighted by Gasteiger charge is -2.18. The second kappa shape index (κ2) is 3.89. The maximum Gasteiger partial charge on any atom is 0.220 e. The lowest BCUT2D eigenvalue weighted by atomic mass is 10.0. The molecule has 0 bridgehead atoms. The zero-order chi connectivity index (χ0) is 9.97. The molecule has 2 heterocycles. The first-order valence-corrected chi connectivity index (χ1v) is 4.86. The number of rotatable bonds is 2. The van der Waals surface area contributed by atoms with E-state index in [1.54, 1.807) is 0 Å². The lowest BCUT2D eigenvalue weighted by Crippen LogP contribution is -2.27. The van der Waals surface area contributed by atoms with E-state index < -0.39 is 0 Å². The molecule has 1 aromatic rings. The van der Waals surface area contributed by atoms with Gasteiger partial charge in [0.15, 0.2) is 0 Å². The Balaban J connectivity index is 2.41. The normalized spacial score (nSPS) is 15.2. The summed E-state index contributed by atoms with van der Waals surface area (Å²) >= 11 is 0. The van der Waals surface area contributed by atoms with Crippen molar-refractivity contribution in [3.63, 3.8) is 0 Å². The molecule has 0 spiro atoms. The van der Waals surface area contributed by atoms with Crippen molar-refractivity contribution in [2.75, 3.05) is 18.8 Å². The van der Waals surface area contributed by atoms with E-state index in [4.69, 9.17) is 11.5 Å². The van der Waals surface area contributed by atoms with Gasteiger partial charge in [0.05, 0.1) is 11.4 Å². The van der Waals surface area contributed by atoms with Crippen LogP contribution in [0, 0.1) is 0 Å². The second-order valence-corrected chi connectivity index (χ2v) is 3.42.